The van der Waals surface area contributed by atoms with E-state index in [9.17, 15) is 29.5 Å². The molecule has 3 fully saturated rings. The van der Waals surface area contributed by atoms with E-state index >= 15 is 4.79 Å². The topological polar surface area (TPSA) is 147 Å². The van der Waals surface area contributed by atoms with Gasteiger partial charge in [-0.25, -0.2) is 0 Å². The van der Waals surface area contributed by atoms with Crippen LogP contribution >= 0.6 is 15.9 Å². The Hall–Kier alpha value is -5.04. The van der Waals surface area contributed by atoms with Gasteiger partial charge in [0.1, 0.15) is 5.75 Å². The first-order chi connectivity index (χ1) is 24.5. The molecule has 2 heterocycles. The van der Waals surface area contributed by atoms with E-state index in [1.165, 1.54) is 12.1 Å². The molecule has 0 radical (unpaired) electrons. The highest BCUT2D eigenvalue weighted by Crippen LogP contribution is 2.65. The first kappa shape index (κ1) is 33.1. The number of hydrogen-bond acceptors (Lipinski definition) is 8. The summed E-state index contributed by atoms with van der Waals surface area (Å²) in [6.07, 6.45) is 2.23. The Bertz CT molecular complexity index is 2140. The highest BCUT2D eigenvalue weighted by atomic mass is 79.9. The summed E-state index contributed by atoms with van der Waals surface area (Å²) in [5.74, 6) is -5.96. The summed E-state index contributed by atoms with van der Waals surface area (Å²) in [5, 5.41) is 32.2. The van der Waals surface area contributed by atoms with Gasteiger partial charge in [-0.2, -0.15) is 5.01 Å². The van der Waals surface area contributed by atoms with Crippen LogP contribution in [0, 0.1) is 30.6 Å². The standard InChI is InChI=1S/C39H33BBrN3O7/c1-21-10-13-25(14-11-21)42-44-36(47)31-20-29-27(15-16-28-33(29)37(48)43(35(28)46)26-9-5-8-23(18-26)40(50)51)34(30-19-24(41)12-17-32(30)45)39(31,38(44)49)22-6-3-2-4-7-22/h2-15,17-19,28-29,31,33-34,42,45,50-51H,16,20H2,1H3/t28-,29+,31-,33-,34+,39+/m0/s1. The first-order valence-electron chi connectivity index (χ1n) is 16.8. The average molecular weight is 746 g/mol. The molecule has 8 rings (SSSR count). The molecule has 0 bridgehead atoms. The second-order valence-electron chi connectivity index (χ2n) is 13.8. The number of hydrogen-bond donors (Lipinski definition) is 4. The van der Waals surface area contributed by atoms with E-state index in [1.807, 2.05) is 55.5 Å². The van der Waals surface area contributed by atoms with Crippen LogP contribution < -0.4 is 15.8 Å². The van der Waals surface area contributed by atoms with Crippen molar-refractivity contribution in [2.75, 3.05) is 10.3 Å². The number of phenols is 1. The quantitative estimate of drug-likeness (QED) is 0.130. The van der Waals surface area contributed by atoms with Crippen LogP contribution in [0.15, 0.2) is 113 Å². The molecule has 0 unspecified atom stereocenters. The van der Waals surface area contributed by atoms with Gasteiger partial charge in [0.15, 0.2) is 0 Å². The monoisotopic (exact) mass is 745 g/mol. The van der Waals surface area contributed by atoms with Crippen LogP contribution in [-0.2, 0) is 24.6 Å². The van der Waals surface area contributed by atoms with Crippen molar-refractivity contribution in [2.24, 2.45) is 23.7 Å². The van der Waals surface area contributed by atoms with E-state index in [2.05, 4.69) is 21.4 Å². The smallest absolute Gasteiger partial charge is 0.488 e. The zero-order valence-electron chi connectivity index (χ0n) is 27.4. The van der Waals surface area contributed by atoms with Crippen LogP contribution in [0.4, 0.5) is 11.4 Å². The zero-order valence-corrected chi connectivity index (χ0v) is 29.0. The number of fused-ring (bicyclic) bond motifs is 4. The lowest BCUT2D eigenvalue weighted by Crippen LogP contribution is -2.53. The fraction of sp³-hybridized carbons (Fsp3) is 0.231. The molecule has 4 amide bonds. The number of rotatable bonds is 6. The summed E-state index contributed by atoms with van der Waals surface area (Å²) >= 11 is 3.55. The van der Waals surface area contributed by atoms with E-state index < -0.39 is 65.8 Å². The Morgan fingerprint density at radius 2 is 1.59 bits per heavy atom. The Morgan fingerprint density at radius 3 is 2.31 bits per heavy atom. The van der Waals surface area contributed by atoms with Gasteiger partial charge < -0.3 is 15.2 Å². The largest absolute Gasteiger partial charge is 0.508 e. The van der Waals surface area contributed by atoms with Gasteiger partial charge in [0.25, 0.3) is 11.8 Å². The number of aryl methyl sites for hydroxylation is 1. The Morgan fingerprint density at radius 1 is 0.843 bits per heavy atom. The van der Waals surface area contributed by atoms with Crippen molar-refractivity contribution >= 4 is 63.5 Å². The molecular weight excluding hydrogens is 713 g/mol. The molecule has 2 aliphatic heterocycles. The van der Waals surface area contributed by atoms with Gasteiger partial charge in [0, 0.05) is 16.0 Å². The summed E-state index contributed by atoms with van der Waals surface area (Å²) in [6, 6.07) is 27.5. The second-order valence-corrected chi connectivity index (χ2v) is 14.7. The normalized spacial score (nSPS) is 26.8. The van der Waals surface area contributed by atoms with E-state index in [4.69, 9.17) is 0 Å². The number of nitrogens with one attached hydrogen (secondary N) is 1. The highest BCUT2D eigenvalue weighted by Gasteiger charge is 2.70. The van der Waals surface area contributed by atoms with Gasteiger partial charge in [0.2, 0.25) is 11.8 Å². The fourth-order valence-corrected chi connectivity index (χ4v) is 9.31. The summed E-state index contributed by atoms with van der Waals surface area (Å²) in [6.45, 7) is 1.94. The predicted octanol–water partition coefficient (Wildman–Crippen LogP) is 4.33. The van der Waals surface area contributed by atoms with Crippen LogP contribution in [0.3, 0.4) is 0 Å². The number of nitrogens with zero attached hydrogens (tertiary/aromatic N) is 2. The van der Waals surface area contributed by atoms with Gasteiger partial charge in [-0.3, -0.25) is 29.5 Å². The van der Waals surface area contributed by atoms with E-state index in [1.54, 1.807) is 42.5 Å². The maximum Gasteiger partial charge on any atom is 0.488 e. The lowest BCUT2D eigenvalue weighted by Gasteiger charge is -2.50. The molecular formula is C39H33BBrN3O7. The SMILES string of the molecule is Cc1ccc(NN2C(=O)[C@@H]3C[C@@H]4C(=CC[C@@H]5C(=O)N(c6cccc(B(O)O)c6)C(=O)[C@@H]54)[C@H](c4cc(Br)ccc4O)[C@]3(c3ccccc3)C2=O)cc1. The van der Waals surface area contributed by atoms with Gasteiger partial charge >= 0.3 is 7.12 Å². The maximum atomic E-state index is 15.2. The minimum atomic E-state index is -1.79. The number of benzene rings is 4. The molecule has 51 heavy (non-hydrogen) atoms. The molecule has 0 aromatic heterocycles. The molecule has 4 aromatic carbocycles. The third-order valence-corrected chi connectivity index (χ3v) is 11.6. The molecule has 2 saturated heterocycles. The van der Waals surface area contributed by atoms with Crippen LogP contribution in [-0.4, -0.2) is 50.9 Å². The zero-order chi connectivity index (χ0) is 35.8. The minimum Gasteiger partial charge on any atom is -0.508 e. The molecule has 4 aromatic rings. The highest BCUT2D eigenvalue weighted by molar-refractivity contribution is 9.10. The number of carbonyl (C=O) groups excluding carboxylic acids is 4. The molecule has 4 N–H and O–H groups in total. The first-order valence-corrected chi connectivity index (χ1v) is 17.6. The van der Waals surface area contributed by atoms with E-state index in [0.29, 0.717) is 26.9 Å². The molecule has 1 saturated carbocycles. The minimum absolute atomic E-state index is 0.0686. The molecule has 6 atom stereocenters. The molecule has 0 spiro atoms. The van der Waals surface area contributed by atoms with Crippen molar-refractivity contribution in [2.45, 2.75) is 31.1 Å². The number of hydrazine groups is 1. The molecule has 256 valence electrons. The van der Waals surface area contributed by atoms with Crippen molar-refractivity contribution in [3.8, 4) is 5.75 Å². The van der Waals surface area contributed by atoms with Gasteiger partial charge in [0.05, 0.1) is 34.5 Å². The number of imide groups is 2. The van der Waals surface area contributed by atoms with Crippen molar-refractivity contribution in [3.63, 3.8) is 0 Å². The Kier molecular flexibility index (Phi) is 8.01. The summed E-state index contributed by atoms with van der Waals surface area (Å²) < 4.78 is 0.655. The van der Waals surface area contributed by atoms with Crippen molar-refractivity contribution in [1.82, 2.24) is 5.01 Å². The Balaban J connectivity index is 1.31. The predicted molar refractivity (Wildman–Crippen MR) is 193 cm³/mol. The van der Waals surface area contributed by atoms with Crippen LogP contribution in [0.1, 0.15) is 35.4 Å². The number of amides is 4. The maximum absolute atomic E-state index is 15.2. The average Bonchev–Trinajstić information content (AvgIpc) is 3.51. The number of aromatic hydroxyl groups is 1. The second kappa shape index (κ2) is 12.3. The van der Waals surface area contributed by atoms with Crippen molar-refractivity contribution < 1.29 is 34.3 Å². The fourth-order valence-electron chi connectivity index (χ4n) is 8.93. The molecule has 12 heteroatoms. The van der Waals surface area contributed by atoms with Crippen LogP contribution in [0.5, 0.6) is 5.75 Å². The third kappa shape index (κ3) is 4.99. The van der Waals surface area contributed by atoms with Gasteiger partial charge in [-0.1, -0.05) is 87.7 Å². The number of allylic oxidation sites excluding steroid dienone is 2. The number of carbonyl (C=O) groups is 4. The van der Waals surface area contributed by atoms with Crippen molar-refractivity contribution in [1.29, 1.82) is 0 Å². The van der Waals surface area contributed by atoms with Crippen LogP contribution in [0.2, 0.25) is 0 Å². The molecule has 4 aliphatic rings. The number of halogens is 1. The van der Waals surface area contributed by atoms with E-state index in [0.717, 1.165) is 15.5 Å². The summed E-state index contributed by atoms with van der Waals surface area (Å²) in [5.41, 5.74) is 5.21. The van der Waals surface area contributed by atoms with Crippen molar-refractivity contribution in [3.05, 3.63) is 130 Å². The number of phenolic OH excluding ortho intramolecular Hbond substituents is 1. The Labute approximate surface area is 302 Å². The summed E-state index contributed by atoms with van der Waals surface area (Å²) in [7, 11) is -1.79. The molecule has 2 aliphatic carbocycles. The number of anilines is 2. The van der Waals surface area contributed by atoms with Crippen LogP contribution in [0.25, 0.3) is 0 Å². The lowest BCUT2D eigenvalue weighted by molar-refractivity contribution is -0.138. The summed E-state index contributed by atoms with van der Waals surface area (Å²) in [4.78, 5) is 59.6. The van der Waals surface area contributed by atoms with Gasteiger partial charge in [-0.05, 0) is 79.2 Å². The third-order valence-electron chi connectivity index (χ3n) is 11.1. The molecule has 10 nitrogen and oxygen atoms in total. The van der Waals surface area contributed by atoms with E-state index in [-0.39, 0.29) is 29.7 Å². The van der Waals surface area contributed by atoms with Gasteiger partial charge in [-0.15, -0.1) is 0 Å². The lowest BCUT2D eigenvalue weighted by atomic mass is 9.49.